The summed E-state index contributed by atoms with van der Waals surface area (Å²) < 4.78 is 5.51. The van der Waals surface area contributed by atoms with Gasteiger partial charge in [-0.1, -0.05) is 380 Å². The molecule has 0 saturated carbocycles. The predicted octanol–water partition coefficient (Wildman–Crippen LogP) is 23.0. The highest BCUT2D eigenvalue weighted by Gasteiger charge is 2.20. The molecule has 0 spiro atoms. The molecule has 6 nitrogen and oxygen atoms in total. The van der Waals surface area contributed by atoms with Crippen molar-refractivity contribution in [3.63, 3.8) is 0 Å². The van der Waals surface area contributed by atoms with Crippen LogP contribution in [0.3, 0.4) is 0 Å². The van der Waals surface area contributed by atoms with Gasteiger partial charge in [0.25, 0.3) is 0 Å². The molecule has 2 unspecified atom stereocenters. The molecule has 0 bridgehead atoms. The third kappa shape index (κ3) is 63.9. The molecule has 460 valence electrons. The summed E-state index contributed by atoms with van der Waals surface area (Å²) in [4.78, 5) is 24.6. The minimum atomic E-state index is -0.661. The van der Waals surface area contributed by atoms with Gasteiger partial charge in [0.2, 0.25) is 5.91 Å². The van der Waals surface area contributed by atoms with Gasteiger partial charge >= 0.3 is 5.97 Å². The third-order valence-corrected chi connectivity index (χ3v) is 17.2. The number of aliphatic hydroxyl groups is 2. The molecule has 0 fully saturated rings. The van der Waals surface area contributed by atoms with E-state index in [1.807, 2.05) is 0 Å². The van der Waals surface area contributed by atoms with Crippen LogP contribution in [0.5, 0.6) is 0 Å². The second-order valence-corrected chi connectivity index (χ2v) is 24.9. The van der Waals surface area contributed by atoms with Crippen molar-refractivity contribution >= 4 is 11.9 Å². The lowest BCUT2D eigenvalue weighted by molar-refractivity contribution is -0.143. The van der Waals surface area contributed by atoms with Crippen LogP contribution in [0, 0.1) is 0 Å². The van der Waals surface area contributed by atoms with Gasteiger partial charge in [-0.25, -0.2) is 0 Å². The quantitative estimate of drug-likeness (QED) is 0.0417. The fourth-order valence-corrected chi connectivity index (χ4v) is 11.7. The lowest BCUT2D eigenvalue weighted by Crippen LogP contribution is -2.45. The zero-order valence-corrected chi connectivity index (χ0v) is 52.7. The van der Waals surface area contributed by atoms with Crippen molar-refractivity contribution in [1.29, 1.82) is 0 Å². The Hall–Kier alpha value is -1.14. The lowest BCUT2D eigenvalue weighted by atomic mass is 10.0. The molecule has 0 saturated heterocycles. The van der Waals surface area contributed by atoms with E-state index in [9.17, 15) is 19.8 Å². The number of amides is 1. The highest BCUT2D eigenvalue weighted by Crippen LogP contribution is 2.20. The van der Waals surface area contributed by atoms with E-state index in [0.717, 1.165) is 38.5 Å². The smallest absolute Gasteiger partial charge is 0.305 e. The Balaban J connectivity index is 3.31. The number of carbonyl (C=O) groups excluding carboxylic acids is 2. The first kappa shape index (κ1) is 75.9. The maximum absolute atomic E-state index is 12.5. The second-order valence-electron chi connectivity index (χ2n) is 24.9. The Labute approximate surface area is 483 Å². The van der Waals surface area contributed by atoms with E-state index in [4.69, 9.17) is 4.74 Å². The van der Waals surface area contributed by atoms with E-state index < -0.39 is 12.1 Å². The fraction of sp³-hybridized carbons (Fsp3) is 0.972. The van der Waals surface area contributed by atoms with E-state index in [-0.39, 0.29) is 18.5 Å². The summed E-state index contributed by atoms with van der Waals surface area (Å²) in [7, 11) is 0. The van der Waals surface area contributed by atoms with Crippen molar-refractivity contribution in [3.05, 3.63) is 0 Å². The normalized spacial score (nSPS) is 12.4. The summed E-state index contributed by atoms with van der Waals surface area (Å²) in [6.45, 7) is 5.00. The Kier molecular flexibility index (Phi) is 66.4. The molecule has 0 aromatic rings. The molecule has 1 amide bonds. The van der Waals surface area contributed by atoms with Crippen LogP contribution in [-0.2, 0) is 14.3 Å². The van der Waals surface area contributed by atoms with Crippen LogP contribution in [0.25, 0.3) is 0 Å². The number of hydrogen-bond acceptors (Lipinski definition) is 5. The minimum Gasteiger partial charge on any atom is -0.466 e. The largest absolute Gasteiger partial charge is 0.466 e. The van der Waals surface area contributed by atoms with Gasteiger partial charge in [-0.05, 0) is 25.7 Å². The van der Waals surface area contributed by atoms with Crippen molar-refractivity contribution in [1.82, 2.24) is 5.32 Å². The van der Waals surface area contributed by atoms with Gasteiger partial charge in [0.1, 0.15) is 0 Å². The third-order valence-electron chi connectivity index (χ3n) is 17.2. The Bertz CT molecular complexity index is 1120. The van der Waals surface area contributed by atoms with Crippen LogP contribution in [0.4, 0.5) is 0 Å². The van der Waals surface area contributed by atoms with Gasteiger partial charge in [0, 0.05) is 12.8 Å². The minimum absolute atomic E-state index is 0.0238. The van der Waals surface area contributed by atoms with E-state index in [2.05, 4.69) is 19.2 Å². The molecule has 0 rings (SSSR count). The number of esters is 1. The SMILES string of the molecule is CCCCCCCCCCCCCCCCCCCCC(=O)OCCCCCCCCCCCCCCCCCCCCCCCCCCCCCC(=O)NC(CO)C(O)CCCCCCCCCCCCCCCCC. The summed E-state index contributed by atoms with van der Waals surface area (Å²) in [5.74, 6) is -0.00457. The number of rotatable bonds is 68. The number of carbonyl (C=O) groups is 2. The maximum atomic E-state index is 12.5. The molecule has 3 N–H and O–H groups in total. The summed E-state index contributed by atoms with van der Waals surface area (Å²) in [6, 6.07) is -0.538. The van der Waals surface area contributed by atoms with E-state index in [1.54, 1.807) is 0 Å². The molecule has 0 aliphatic carbocycles. The Morgan fingerprint density at radius 1 is 0.312 bits per heavy atom. The average molecular weight is 1090 g/mol. The van der Waals surface area contributed by atoms with Crippen LogP contribution < -0.4 is 5.32 Å². The molecule has 77 heavy (non-hydrogen) atoms. The van der Waals surface area contributed by atoms with Crippen LogP contribution in [-0.4, -0.2) is 47.4 Å². The monoisotopic (exact) mass is 1090 g/mol. The number of unbranched alkanes of at least 4 members (excludes halogenated alkanes) is 57. The predicted molar refractivity (Wildman–Crippen MR) is 338 cm³/mol. The van der Waals surface area contributed by atoms with Gasteiger partial charge in [0.05, 0.1) is 25.4 Å². The van der Waals surface area contributed by atoms with E-state index in [1.165, 1.54) is 347 Å². The number of ether oxygens (including phenoxy) is 1. The Morgan fingerprint density at radius 3 is 0.792 bits per heavy atom. The number of hydrogen-bond donors (Lipinski definition) is 3. The second kappa shape index (κ2) is 67.4. The molecule has 6 heteroatoms. The highest BCUT2D eigenvalue weighted by atomic mass is 16.5. The van der Waals surface area contributed by atoms with Crippen molar-refractivity contribution in [2.24, 2.45) is 0 Å². The van der Waals surface area contributed by atoms with Crippen LogP contribution in [0.2, 0.25) is 0 Å². The van der Waals surface area contributed by atoms with Crippen molar-refractivity contribution in [2.75, 3.05) is 13.2 Å². The van der Waals surface area contributed by atoms with E-state index in [0.29, 0.717) is 25.9 Å². The molecule has 0 aromatic carbocycles. The van der Waals surface area contributed by atoms with Crippen LogP contribution in [0.15, 0.2) is 0 Å². The maximum Gasteiger partial charge on any atom is 0.305 e. The molecular weight excluding hydrogens is 947 g/mol. The van der Waals surface area contributed by atoms with Crippen molar-refractivity contribution in [3.8, 4) is 0 Å². The molecular formula is C71H141NO5. The summed E-state index contributed by atoms with van der Waals surface area (Å²) in [5, 5.41) is 23.3. The van der Waals surface area contributed by atoms with Crippen molar-refractivity contribution in [2.45, 2.75) is 431 Å². The first-order chi connectivity index (χ1) is 38.0. The van der Waals surface area contributed by atoms with E-state index >= 15 is 0 Å². The van der Waals surface area contributed by atoms with Gasteiger partial charge in [-0.15, -0.1) is 0 Å². The Morgan fingerprint density at radius 2 is 0.532 bits per heavy atom. The van der Waals surface area contributed by atoms with Crippen LogP contribution >= 0.6 is 0 Å². The fourth-order valence-electron chi connectivity index (χ4n) is 11.7. The standard InChI is InChI=1S/C71H141NO5/c1-3-5-7-9-11-13-15-17-19-20-33-37-41-45-49-53-57-61-65-71(76)77-66-62-58-54-50-46-42-38-34-31-29-27-25-23-21-22-24-26-28-30-32-36-40-44-48-52-56-60-64-70(75)72-68(67-73)69(74)63-59-55-51-47-43-39-35-18-16-14-12-10-8-6-4-2/h68-69,73-74H,3-67H2,1-2H3,(H,72,75). The molecule has 0 aliphatic heterocycles. The van der Waals surface area contributed by atoms with Gasteiger partial charge in [-0.3, -0.25) is 9.59 Å². The molecule has 2 atom stereocenters. The van der Waals surface area contributed by atoms with Gasteiger partial charge < -0.3 is 20.3 Å². The molecule has 0 radical (unpaired) electrons. The highest BCUT2D eigenvalue weighted by molar-refractivity contribution is 5.76. The van der Waals surface area contributed by atoms with Crippen LogP contribution in [0.1, 0.15) is 418 Å². The first-order valence-electron chi connectivity index (χ1n) is 35.8. The number of nitrogens with one attached hydrogen (secondary N) is 1. The summed E-state index contributed by atoms with van der Waals surface area (Å²) in [6.07, 6.45) is 81.6. The molecule has 0 heterocycles. The summed E-state index contributed by atoms with van der Waals surface area (Å²) in [5.41, 5.74) is 0. The zero-order chi connectivity index (χ0) is 55.7. The average Bonchev–Trinajstić information content (AvgIpc) is 3.43. The topological polar surface area (TPSA) is 95.9 Å². The van der Waals surface area contributed by atoms with Gasteiger partial charge in [0.15, 0.2) is 0 Å². The molecule has 0 aliphatic rings. The first-order valence-corrected chi connectivity index (χ1v) is 35.8. The number of aliphatic hydroxyl groups excluding tert-OH is 2. The summed E-state index contributed by atoms with van der Waals surface area (Å²) >= 11 is 0. The lowest BCUT2D eigenvalue weighted by Gasteiger charge is -2.22. The zero-order valence-electron chi connectivity index (χ0n) is 52.7. The van der Waals surface area contributed by atoms with Gasteiger partial charge in [-0.2, -0.15) is 0 Å². The molecule has 0 aromatic heterocycles. The van der Waals surface area contributed by atoms with Crippen molar-refractivity contribution < 1.29 is 24.5 Å².